The third-order valence-electron chi connectivity index (χ3n) is 3.97. The van der Waals surface area contributed by atoms with Gasteiger partial charge in [0.2, 0.25) is 0 Å². The first-order valence-electron chi connectivity index (χ1n) is 7.90. The maximum Gasteiger partial charge on any atom is 0.0750 e. The minimum atomic E-state index is 0.395. The van der Waals surface area contributed by atoms with Gasteiger partial charge in [0.25, 0.3) is 0 Å². The van der Waals surface area contributed by atoms with Crippen molar-refractivity contribution < 1.29 is 4.74 Å². The zero-order valence-electron chi connectivity index (χ0n) is 12.9. The summed E-state index contributed by atoms with van der Waals surface area (Å²) in [6.45, 7) is 8.13. The molecule has 3 nitrogen and oxygen atoms in total. The van der Waals surface area contributed by atoms with Crippen LogP contribution in [0.4, 0.5) is 5.69 Å². The van der Waals surface area contributed by atoms with Crippen LogP contribution >= 0.6 is 0 Å². The molecule has 1 unspecified atom stereocenters. The molecular weight excluding hydrogens is 248 g/mol. The van der Waals surface area contributed by atoms with E-state index >= 15 is 0 Å². The monoisotopic (exact) mass is 276 g/mol. The van der Waals surface area contributed by atoms with E-state index in [0.29, 0.717) is 6.10 Å². The van der Waals surface area contributed by atoms with Crippen molar-refractivity contribution in [2.75, 3.05) is 31.1 Å². The maximum atomic E-state index is 5.93. The Bertz CT molecular complexity index is 419. The predicted octanol–water partition coefficient (Wildman–Crippen LogP) is 2.89. The highest BCUT2D eigenvalue weighted by atomic mass is 16.5. The topological polar surface area (TPSA) is 38.5 Å². The van der Waals surface area contributed by atoms with Crippen LogP contribution in [0.1, 0.15) is 37.3 Å². The molecule has 1 fully saturated rings. The van der Waals surface area contributed by atoms with E-state index in [9.17, 15) is 0 Å². The van der Waals surface area contributed by atoms with Gasteiger partial charge in [0, 0.05) is 25.4 Å². The molecule has 20 heavy (non-hydrogen) atoms. The largest absolute Gasteiger partial charge is 0.376 e. The molecule has 0 bridgehead atoms. The standard InChI is InChI=1S/C17H28N2O/c1-3-11-20-16-5-4-10-19(13-16)17-7-6-15(8-9-18)12-14(17)2/h6-7,12,16H,3-5,8-11,13,18H2,1-2H3. The van der Waals surface area contributed by atoms with Crippen LogP contribution in [-0.4, -0.2) is 32.3 Å². The van der Waals surface area contributed by atoms with E-state index in [0.717, 1.165) is 39.1 Å². The molecule has 0 radical (unpaired) electrons. The minimum Gasteiger partial charge on any atom is -0.376 e. The number of piperidine rings is 1. The van der Waals surface area contributed by atoms with Crippen LogP contribution in [0.5, 0.6) is 0 Å². The molecule has 112 valence electrons. The molecule has 1 aliphatic rings. The third kappa shape index (κ3) is 3.97. The molecule has 3 heteroatoms. The van der Waals surface area contributed by atoms with Gasteiger partial charge in [-0.15, -0.1) is 0 Å². The van der Waals surface area contributed by atoms with Crippen LogP contribution in [0.25, 0.3) is 0 Å². The summed E-state index contributed by atoms with van der Waals surface area (Å²) in [4.78, 5) is 2.48. The molecule has 0 amide bonds. The van der Waals surface area contributed by atoms with Crippen LogP contribution in [0, 0.1) is 6.92 Å². The molecular formula is C17H28N2O. The van der Waals surface area contributed by atoms with Gasteiger partial charge in [0.05, 0.1) is 6.10 Å². The number of hydrogen-bond donors (Lipinski definition) is 1. The lowest BCUT2D eigenvalue weighted by Gasteiger charge is -2.35. The van der Waals surface area contributed by atoms with Crippen molar-refractivity contribution in [1.29, 1.82) is 0 Å². The van der Waals surface area contributed by atoms with Crippen LogP contribution in [0.15, 0.2) is 18.2 Å². The summed E-state index contributed by atoms with van der Waals surface area (Å²) in [5.41, 5.74) is 9.68. The lowest BCUT2D eigenvalue weighted by Crippen LogP contribution is -2.40. The molecule has 0 spiro atoms. The SMILES string of the molecule is CCCOC1CCCN(c2ccc(CCN)cc2C)C1. The highest BCUT2D eigenvalue weighted by Crippen LogP contribution is 2.25. The zero-order valence-corrected chi connectivity index (χ0v) is 12.9. The Labute approximate surface area is 123 Å². The first kappa shape index (κ1) is 15.3. The lowest BCUT2D eigenvalue weighted by atomic mass is 10.0. The lowest BCUT2D eigenvalue weighted by molar-refractivity contribution is 0.0440. The molecule has 1 aliphatic heterocycles. The second kappa shape index (κ2) is 7.65. The number of rotatable bonds is 6. The fourth-order valence-corrected chi connectivity index (χ4v) is 2.97. The number of nitrogens with zero attached hydrogens (tertiary/aromatic N) is 1. The zero-order chi connectivity index (χ0) is 14.4. The van der Waals surface area contributed by atoms with E-state index < -0.39 is 0 Å². The fraction of sp³-hybridized carbons (Fsp3) is 0.647. The minimum absolute atomic E-state index is 0.395. The average molecular weight is 276 g/mol. The number of hydrogen-bond acceptors (Lipinski definition) is 3. The Morgan fingerprint density at radius 2 is 2.25 bits per heavy atom. The van der Waals surface area contributed by atoms with Gasteiger partial charge in [-0.25, -0.2) is 0 Å². The highest BCUT2D eigenvalue weighted by Gasteiger charge is 2.21. The molecule has 1 heterocycles. The summed E-state index contributed by atoms with van der Waals surface area (Å²) in [6.07, 6.45) is 4.87. The summed E-state index contributed by atoms with van der Waals surface area (Å²) in [6, 6.07) is 6.74. The normalized spacial score (nSPS) is 19.4. The Balaban J connectivity index is 2.02. The number of ether oxygens (including phenoxy) is 1. The second-order valence-corrected chi connectivity index (χ2v) is 5.74. The number of benzene rings is 1. The van der Waals surface area contributed by atoms with E-state index in [4.69, 9.17) is 10.5 Å². The molecule has 0 saturated carbocycles. The van der Waals surface area contributed by atoms with Crippen molar-refractivity contribution in [2.24, 2.45) is 5.73 Å². The quantitative estimate of drug-likeness (QED) is 0.868. The van der Waals surface area contributed by atoms with Gasteiger partial charge in [-0.2, -0.15) is 0 Å². The van der Waals surface area contributed by atoms with Crippen molar-refractivity contribution >= 4 is 5.69 Å². The summed E-state index contributed by atoms with van der Waals surface area (Å²) < 4.78 is 5.93. The van der Waals surface area contributed by atoms with Crippen molar-refractivity contribution in [3.8, 4) is 0 Å². The van der Waals surface area contributed by atoms with Crippen molar-refractivity contribution in [1.82, 2.24) is 0 Å². The van der Waals surface area contributed by atoms with Gasteiger partial charge in [0.1, 0.15) is 0 Å². The fourth-order valence-electron chi connectivity index (χ4n) is 2.97. The maximum absolute atomic E-state index is 5.93. The van der Waals surface area contributed by atoms with Gasteiger partial charge in [0.15, 0.2) is 0 Å². The van der Waals surface area contributed by atoms with Crippen LogP contribution in [-0.2, 0) is 11.2 Å². The predicted molar refractivity (Wildman–Crippen MR) is 85.4 cm³/mol. The van der Waals surface area contributed by atoms with E-state index in [-0.39, 0.29) is 0 Å². The second-order valence-electron chi connectivity index (χ2n) is 5.74. The molecule has 1 atom stereocenters. The van der Waals surface area contributed by atoms with Gasteiger partial charge in [-0.1, -0.05) is 19.1 Å². The third-order valence-corrected chi connectivity index (χ3v) is 3.97. The van der Waals surface area contributed by atoms with Gasteiger partial charge < -0.3 is 15.4 Å². The number of nitrogens with two attached hydrogens (primary N) is 1. The molecule has 0 aliphatic carbocycles. The first-order chi connectivity index (χ1) is 9.74. The Morgan fingerprint density at radius 1 is 1.40 bits per heavy atom. The average Bonchev–Trinajstić information content (AvgIpc) is 2.46. The van der Waals surface area contributed by atoms with Crippen LogP contribution < -0.4 is 10.6 Å². The Morgan fingerprint density at radius 3 is 2.95 bits per heavy atom. The summed E-state index contributed by atoms with van der Waals surface area (Å²) in [5, 5.41) is 0. The van der Waals surface area contributed by atoms with E-state index in [1.54, 1.807) is 0 Å². The van der Waals surface area contributed by atoms with E-state index in [1.807, 2.05) is 0 Å². The number of aryl methyl sites for hydroxylation is 1. The van der Waals surface area contributed by atoms with Gasteiger partial charge in [-0.05, 0) is 56.3 Å². The highest BCUT2D eigenvalue weighted by molar-refractivity contribution is 5.55. The van der Waals surface area contributed by atoms with Gasteiger partial charge >= 0.3 is 0 Å². The molecule has 0 aromatic heterocycles. The van der Waals surface area contributed by atoms with E-state index in [1.165, 1.54) is 29.7 Å². The van der Waals surface area contributed by atoms with Crippen molar-refractivity contribution in [2.45, 2.75) is 45.6 Å². The molecule has 1 aromatic rings. The Hall–Kier alpha value is -1.06. The first-order valence-corrected chi connectivity index (χ1v) is 7.90. The summed E-state index contributed by atoms with van der Waals surface area (Å²) >= 11 is 0. The van der Waals surface area contributed by atoms with Crippen LogP contribution in [0.3, 0.4) is 0 Å². The molecule has 1 saturated heterocycles. The molecule has 2 rings (SSSR count). The summed E-state index contributed by atoms with van der Waals surface area (Å²) in [5.74, 6) is 0. The molecule has 2 N–H and O–H groups in total. The smallest absolute Gasteiger partial charge is 0.0750 e. The van der Waals surface area contributed by atoms with Crippen molar-refractivity contribution in [3.05, 3.63) is 29.3 Å². The van der Waals surface area contributed by atoms with E-state index in [2.05, 4.69) is 36.9 Å². The van der Waals surface area contributed by atoms with Gasteiger partial charge in [-0.3, -0.25) is 0 Å². The molecule has 1 aromatic carbocycles. The Kier molecular flexibility index (Phi) is 5.86. The van der Waals surface area contributed by atoms with Crippen molar-refractivity contribution in [3.63, 3.8) is 0 Å². The summed E-state index contributed by atoms with van der Waals surface area (Å²) in [7, 11) is 0. The number of anilines is 1. The van der Waals surface area contributed by atoms with Crippen LogP contribution in [0.2, 0.25) is 0 Å².